The molecule has 0 bridgehead atoms. The molecular formula is C23H21ClN2O3S. The number of morpholine rings is 1. The van der Waals surface area contributed by atoms with Crippen molar-refractivity contribution in [2.45, 2.75) is 6.92 Å². The van der Waals surface area contributed by atoms with Crippen molar-refractivity contribution in [3.63, 3.8) is 0 Å². The van der Waals surface area contributed by atoms with Crippen LogP contribution in [0.25, 0.3) is 11.1 Å². The van der Waals surface area contributed by atoms with Gasteiger partial charge in [0.15, 0.2) is 0 Å². The van der Waals surface area contributed by atoms with Crippen molar-refractivity contribution in [1.29, 1.82) is 0 Å². The summed E-state index contributed by atoms with van der Waals surface area (Å²) in [5.74, 6) is -0.181. The number of anilines is 2. The van der Waals surface area contributed by atoms with E-state index in [0.29, 0.717) is 34.4 Å². The van der Waals surface area contributed by atoms with Crippen LogP contribution >= 0.6 is 22.9 Å². The van der Waals surface area contributed by atoms with Gasteiger partial charge in [-0.05, 0) is 48.0 Å². The van der Waals surface area contributed by atoms with E-state index in [0.717, 1.165) is 29.2 Å². The Labute approximate surface area is 184 Å². The van der Waals surface area contributed by atoms with Crippen molar-refractivity contribution in [1.82, 2.24) is 0 Å². The molecule has 0 aliphatic carbocycles. The highest BCUT2D eigenvalue weighted by Crippen LogP contribution is 2.40. The molecule has 30 heavy (non-hydrogen) atoms. The first-order chi connectivity index (χ1) is 14.5. The second-order valence-corrected chi connectivity index (χ2v) is 8.49. The second-order valence-electron chi connectivity index (χ2n) is 7.02. The van der Waals surface area contributed by atoms with Crippen LogP contribution in [0, 0.1) is 0 Å². The number of rotatable bonds is 5. The summed E-state index contributed by atoms with van der Waals surface area (Å²) in [6, 6.07) is 16.6. The normalized spacial score (nSPS) is 13.9. The van der Waals surface area contributed by atoms with E-state index in [9.17, 15) is 9.59 Å². The molecule has 1 N–H and O–H groups in total. The smallest absolute Gasteiger partial charge is 0.221 e. The minimum atomic E-state index is -0.143. The Morgan fingerprint density at radius 2 is 1.70 bits per heavy atom. The fraction of sp³-hybridized carbons (Fsp3) is 0.217. The van der Waals surface area contributed by atoms with E-state index in [1.165, 1.54) is 18.3 Å². The first-order valence-electron chi connectivity index (χ1n) is 9.66. The molecule has 4 rings (SSSR count). The van der Waals surface area contributed by atoms with E-state index >= 15 is 0 Å². The van der Waals surface area contributed by atoms with Gasteiger partial charge in [0.2, 0.25) is 11.7 Å². The topological polar surface area (TPSA) is 58.6 Å². The Morgan fingerprint density at radius 3 is 2.33 bits per heavy atom. The van der Waals surface area contributed by atoms with Crippen LogP contribution in [0.3, 0.4) is 0 Å². The molecule has 0 radical (unpaired) electrons. The average Bonchev–Trinajstić information content (AvgIpc) is 3.20. The monoisotopic (exact) mass is 440 g/mol. The van der Waals surface area contributed by atoms with Gasteiger partial charge in [0, 0.05) is 41.9 Å². The lowest BCUT2D eigenvalue weighted by Gasteiger charge is -2.28. The predicted octanol–water partition coefficient (Wildman–Crippen LogP) is 5.09. The van der Waals surface area contributed by atoms with Crippen molar-refractivity contribution in [2.24, 2.45) is 0 Å². The van der Waals surface area contributed by atoms with Crippen LogP contribution in [0.15, 0.2) is 54.6 Å². The van der Waals surface area contributed by atoms with Crippen molar-refractivity contribution in [3.8, 4) is 11.1 Å². The van der Waals surface area contributed by atoms with Gasteiger partial charge in [0.1, 0.15) is 0 Å². The third kappa shape index (κ3) is 4.56. The number of halogens is 1. The largest absolute Gasteiger partial charge is 0.378 e. The van der Waals surface area contributed by atoms with Crippen LogP contribution in [0.5, 0.6) is 0 Å². The number of nitrogens with zero attached hydrogens (tertiary/aromatic N) is 1. The Kier molecular flexibility index (Phi) is 6.18. The van der Waals surface area contributed by atoms with E-state index in [2.05, 4.69) is 10.2 Å². The number of thiophene rings is 1. The van der Waals surface area contributed by atoms with Gasteiger partial charge >= 0.3 is 0 Å². The van der Waals surface area contributed by atoms with Crippen LogP contribution in [0.2, 0.25) is 5.02 Å². The zero-order valence-electron chi connectivity index (χ0n) is 16.5. The summed E-state index contributed by atoms with van der Waals surface area (Å²) in [6.07, 6.45) is 0. The third-order valence-electron chi connectivity index (χ3n) is 4.86. The molecule has 0 spiro atoms. The number of ether oxygens (including phenoxy) is 1. The van der Waals surface area contributed by atoms with Crippen LogP contribution in [-0.4, -0.2) is 38.0 Å². The molecule has 1 aliphatic heterocycles. The molecule has 2 aromatic carbocycles. The SMILES string of the molecule is CC(=O)Nc1ccc(C(=O)c2cc(-c3ccc(Cl)cc3)c(N3CCOCC3)s2)cc1. The van der Waals surface area contributed by atoms with Gasteiger partial charge in [-0.3, -0.25) is 9.59 Å². The maximum atomic E-state index is 13.2. The zero-order chi connectivity index (χ0) is 21.1. The predicted molar refractivity (Wildman–Crippen MR) is 122 cm³/mol. The summed E-state index contributed by atoms with van der Waals surface area (Å²) in [4.78, 5) is 27.3. The molecule has 0 unspecified atom stereocenters. The first-order valence-corrected chi connectivity index (χ1v) is 10.9. The average molecular weight is 441 g/mol. The highest BCUT2D eigenvalue weighted by atomic mass is 35.5. The first kappa shape index (κ1) is 20.6. The highest BCUT2D eigenvalue weighted by molar-refractivity contribution is 7.18. The molecule has 5 nitrogen and oxygen atoms in total. The number of carbonyl (C=O) groups is 2. The van der Waals surface area contributed by atoms with Gasteiger partial charge in [0.25, 0.3) is 0 Å². The summed E-state index contributed by atoms with van der Waals surface area (Å²) < 4.78 is 5.49. The summed E-state index contributed by atoms with van der Waals surface area (Å²) in [5.41, 5.74) is 3.30. The number of ketones is 1. The fourth-order valence-corrected chi connectivity index (χ4v) is 4.70. The quantitative estimate of drug-likeness (QED) is 0.561. The van der Waals surface area contributed by atoms with Gasteiger partial charge in [0.05, 0.1) is 23.1 Å². The van der Waals surface area contributed by atoms with E-state index < -0.39 is 0 Å². The molecule has 1 fully saturated rings. The zero-order valence-corrected chi connectivity index (χ0v) is 18.1. The Bertz CT molecular complexity index is 1060. The molecule has 7 heteroatoms. The van der Waals surface area contributed by atoms with Crippen LogP contribution in [0.1, 0.15) is 22.2 Å². The van der Waals surface area contributed by atoms with Crippen molar-refractivity contribution >= 4 is 45.3 Å². The lowest BCUT2D eigenvalue weighted by Crippen LogP contribution is -2.35. The molecule has 2 heterocycles. The van der Waals surface area contributed by atoms with Crippen molar-refractivity contribution in [2.75, 3.05) is 36.5 Å². The molecule has 0 saturated carbocycles. The fourth-order valence-electron chi connectivity index (χ4n) is 3.38. The molecule has 1 amide bonds. The molecule has 1 aliphatic rings. The number of nitrogens with one attached hydrogen (secondary N) is 1. The lowest BCUT2D eigenvalue weighted by molar-refractivity contribution is -0.114. The minimum absolute atomic E-state index is 0.0379. The third-order valence-corrected chi connectivity index (χ3v) is 6.30. The number of hydrogen-bond acceptors (Lipinski definition) is 5. The van der Waals surface area contributed by atoms with Gasteiger partial charge in [-0.2, -0.15) is 0 Å². The molecule has 0 atom stereocenters. The highest BCUT2D eigenvalue weighted by Gasteiger charge is 2.22. The van der Waals surface area contributed by atoms with Gasteiger partial charge in [-0.15, -0.1) is 11.3 Å². The van der Waals surface area contributed by atoms with Gasteiger partial charge < -0.3 is 15.0 Å². The number of hydrogen-bond donors (Lipinski definition) is 1. The van der Waals surface area contributed by atoms with Crippen LogP contribution in [-0.2, 0) is 9.53 Å². The molecule has 154 valence electrons. The van der Waals surface area contributed by atoms with Crippen LogP contribution < -0.4 is 10.2 Å². The number of carbonyl (C=O) groups excluding carboxylic acids is 2. The van der Waals surface area contributed by atoms with E-state index in [1.54, 1.807) is 24.3 Å². The summed E-state index contributed by atoms with van der Waals surface area (Å²) >= 11 is 7.56. The maximum Gasteiger partial charge on any atom is 0.221 e. The Morgan fingerprint density at radius 1 is 1.03 bits per heavy atom. The molecular weight excluding hydrogens is 420 g/mol. The maximum absolute atomic E-state index is 13.2. The second kappa shape index (κ2) is 9.00. The molecule has 3 aromatic rings. The van der Waals surface area contributed by atoms with E-state index in [4.69, 9.17) is 16.3 Å². The summed E-state index contributed by atoms with van der Waals surface area (Å²) in [6.45, 7) is 4.38. The Hall–Kier alpha value is -2.67. The molecule has 1 saturated heterocycles. The van der Waals surface area contributed by atoms with Crippen molar-refractivity contribution < 1.29 is 14.3 Å². The Balaban J connectivity index is 1.68. The van der Waals surface area contributed by atoms with Gasteiger partial charge in [-0.25, -0.2) is 0 Å². The van der Waals surface area contributed by atoms with Crippen molar-refractivity contribution in [3.05, 3.63) is 70.1 Å². The van der Waals surface area contributed by atoms with Crippen LogP contribution in [0.4, 0.5) is 10.7 Å². The van der Waals surface area contributed by atoms with E-state index in [-0.39, 0.29) is 11.7 Å². The lowest BCUT2D eigenvalue weighted by atomic mass is 10.0. The number of benzene rings is 2. The van der Waals surface area contributed by atoms with Gasteiger partial charge in [-0.1, -0.05) is 23.7 Å². The van der Waals surface area contributed by atoms with E-state index in [1.807, 2.05) is 30.3 Å². The summed E-state index contributed by atoms with van der Waals surface area (Å²) in [7, 11) is 0. The minimum Gasteiger partial charge on any atom is -0.378 e. The number of amides is 1. The summed E-state index contributed by atoms with van der Waals surface area (Å²) in [5, 5.41) is 4.46. The standard InChI is InChI=1S/C23H21ClN2O3S/c1-15(27)25-19-8-4-17(5-9-19)22(28)21-14-20(16-2-6-18(24)7-3-16)23(30-21)26-10-12-29-13-11-26/h2-9,14H,10-13H2,1H3,(H,25,27). The molecule has 1 aromatic heterocycles.